The lowest BCUT2D eigenvalue weighted by atomic mass is 9.78. The van der Waals surface area contributed by atoms with Gasteiger partial charge in [-0.25, -0.2) is 4.39 Å². The molecule has 1 aromatic rings. The molecule has 0 N–H and O–H groups in total. The fourth-order valence-electron chi connectivity index (χ4n) is 2.01. The number of rotatable bonds is 3. The van der Waals surface area contributed by atoms with Crippen LogP contribution in [0.2, 0.25) is 5.02 Å². The molecule has 1 saturated heterocycles. The second-order valence-corrected chi connectivity index (χ2v) is 6.67. The van der Waals surface area contributed by atoms with Crippen molar-refractivity contribution in [1.29, 1.82) is 0 Å². The van der Waals surface area contributed by atoms with E-state index in [0.29, 0.717) is 0 Å². The third-order valence-corrected chi connectivity index (χ3v) is 4.26. The van der Waals surface area contributed by atoms with Gasteiger partial charge in [0.05, 0.1) is 21.7 Å². The number of benzene rings is 1. The normalized spacial score (nSPS) is 20.0. The monoisotopic (exact) mass is 354 g/mol. The van der Waals surface area contributed by atoms with E-state index in [-0.39, 0.29) is 16.2 Å². The zero-order chi connectivity index (χ0) is 17.6. The topological polar surface area (TPSA) is 27.7 Å². The van der Waals surface area contributed by atoms with Crippen LogP contribution in [0.3, 0.4) is 0 Å². The van der Waals surface area contributed by atoms with Crippen LogP contribution in [0.25, 0.3) is 0 Å². The maximum absolute atomic E-state index is 14.4. The highest BCUT2D eigenvalue weighted by molar-refractivity contribution is 6.63. The van der Waals surface area contributed by atoms with Crippen molar-refractivity contribution in [2.45, 2.75) is 45.1 Å². The summed E-state index contributed by atoms with van der Waals surface area (Å²) in [6, 6.07) is 2.29. The predicted octanol–water partition coefficient (Wildman–Crippen LogP) is 3.72. The quantitative estimate of drug-likeness (QED) is 0.612. The average molecular weight is 355 g/mol. The predicted molar refractivity (Wildman–Crippen MR) is 78.7 cm³/mol. The third-order valence-electron chi connectivity index (χ3n) is 3.97. The van der Waals surface area contributed by atoms with Crippen molar-refractivity contribution in [3.8, 4) is 5.75 Å². The molecule has 2 rings (SSSR count). The minimum Gasteiger partial charge on any atom is -0.484 e. The molecule has 9 heteroatoms. The van der Waals surface area contributed by atoms with Gasteiger partial charge in [-0.1, -0.05) is 11.6 Å². The Labute approximate surface area is 137 Å². The number of hydrogen-bond acceptors (Lipinski definition) is 3. The van der Waals surface area contributed by atoms with E-state index in [1.165, 1.54) is 0 Å². The minimum atomic E-state index is -4.55. The highest BCUT2D eigenvalue weighted by atomic mass is 35.5. The standard InChI is InChI=1S/C14H16BClF4O3/c1-12(2)13(3,4)23-15(22-12)10-9(21-7-14(18,19)20)6-5-8(16)11(10)17/h5-6H,7H2,1-4H3. The van der Waals surface area contributed by atoms with Gasteiger partial charge in [0.25, 0.3) is 0 Å². The van der Waals surface area contributed by atoms with Crippen LogP contribution in [-0.2, 0) is 9.31 Å². The summed E-state index contributed by atoms with van der Waals surface area (Å²) in [4.78, 5) is 0. The molecule has 1 aromatic carbocycles. The molecule has 1 heterocycles. The molecule has 0 spiro atoms. The van der Waals surface area contributed by atoms with Crippen LogP contribution in [0.1, 0.15) is 27.7 Å². The molecule has 0 unspecified atom stereocenters. The van der Waals surface area contributed by atoms with Crippen LogP contribution in [0.5, 0.6) is 5.75 Å². The van der Waals surface area contributed by atoms with E-state index in [4.69, 9.17) is 25.6 Å². The van der Waals surface area contributed by atoms with E-state index in [2.05, 4.69) is 0 Å². The molecule has 0 amide bonds. The average Bonchev–Trinajstić information content (AvgIpc) is 2.58. The molecule has 3 nitrogen and oxygen atoms in total. The Morgan fingerprint density at radius 1 is 1.13 bits per heavy atom. The van der Waals surface area contributed by atoms with Crippen LogP contribution in [-0.4, -0.2) is 31.1 Å². The fourth-order valence-corrected chi connectivity index (χ4v) is 2.18. The Morgan fingerprint density at radius 2 is 1.65 bits per heavy atom. The van der Waals surface area contributed by atoms with E-state index in [9.17, 15) is 17.6 Å². The van der Waals surface area contributed by atoms with Gasteiger partial charge in [-0.3, -0.25) is 0 Å². The Balaban J connectivity index is 2.39. The van der Waals surface area contributed by atoms with E-state index in [1.54, 1.807) is 27.7 Å². The first-order chi connectivity index (χ1) is 10.3. The van der Waals surface area contributed by atoms with Crippen molar-refractivity contribution in [3.63, 3.8) is 0 Å². The Morgan fingerprint density at radius 3 is 2.13 bits per heavy atom. The first-order valence-corrected chi connectivity index (χ1v) is 7.25. The summed E-state index contributed by atoms with van der Waals surface area (Å²) in [7, 11) is -1.22. The summed E-state index contributed by atoms with van der Waals surface area (Å²) in [5, 5.41) is -0.255. The molecule has 128 valence electrons. The van der Waals surface area contributed by atoms with Crippen LogP contribution in [0, 0.1) is 5.82 Å². The zero-order valence-corrected chi connectivity index (χ0v) is 13.8. The van der Waals surface area contributed by atoms with Gasteiger partial charge in [-0.2, -0.15) is 13.2 Å². The van der Waals surface area contributed by atoms with Crippen molar-refractivity contribution in [2.75, 3.05) is 6.61 Å². The molecule has 1 aliphatic heterocycles. The smallest absolute Gasteiger partial charge is 0.484 e. The molecule has 0 bridgehead atoms. The van der Waals surface area contributed by atoms with Crippen LogP contribution < -0.4 is 10.2 Å². The molecule has 0 saturated carbocycles. The van der Waals surface area contributed by atoms with Crippen molar-refractivity contribution < 1.29 is 31.6 Å². The lowest BCUT2D eigenvalue weighted by Gasteiger charge is -2.32. The summed E-state index contributed by atoms with van der Waals surface area (Å²) in [5.74, 6) is -1.24. The van der Waals surface area contributed by atoms with E-state index < -0.39 is 36.9 Å². The van der Waals surface area contributed by atoms with Crippen molar-refractivity contribution >= 4 is 24.2 Å². The van der Waals surface area contributed by atoms with Gasteiger partial charge in [-0.05, 0) is 39.8 Å². The molecule has 1 fully saturated rings. The number of ether oxygens (including phenoxy) is 1. The number of alkyl halides is 3. The SMILES string of the molecule is CC1(C)OB(c2c(OCC(F)(F)F)ccc(Cl)c2F)OC1(C)C. The first kappa shape index (κ1) is 18.4. The molecule has 0 aliphatic carbocycles. The van der Waals surface area contributed by atoms with Crippen molar-refractivity contribution in [1.82, 2.24) is 0 Å². The number of halogens is 5. The third kappa shape index (κ3) is 3.75. The first-order valence-electron chi connectivity index (χ1n) is 6.87. The van der Waals surface area contributed by atoms with E-state index >= 15 is 0 Å². The number of hydrogen-bond donors (Lipinski definition) is 0. The van der Waals surface area contributed by atoms with Gasteiger partial charge in [-0.15, -0.1) is 0 Å². The lowest BCUT2D eigenvalue weighted by Crippen LogP contribution is -2.41. The van der Waals surface area contributed by atoms with Gasteiger partial charge >= 0.3 is 13.3 Å². The maximum atomic E-state index is 14.4. The summed E-state index contributed by atoms with van der Waals surface area (Å²) in [6.45, 7) is 5.41. The molecular weight excluding hydrogens is 338 g/mol. The highest BCUT2D eigenvalue weighted by Gasteiger charge is 2.53. The van der Waals surface area contributed by atoms with Crippen molar-refractivity contribution in [2.24, 2.45) is 0 Å². The van der Waals surface area contributed by atoms with Gasteiger partial charge in [0, 0.05) is 0 Å². The molecule has 1 aliphatic rings. The molecule has 23 heavy (non-hydrogen) atoms. The Bertz CT molecular complexity index is 588. The Hall–Kier alpha value is -0.985. The van der Waals surface area contributed by atoms with Gasteiger partial charge in [0.1, 0.15) is 11.6 Å². The molecule has 0 atom stereocenters. The fraction of sp³-hybridized carbons (Fsp3) is 0.571. The van der Waals surface area contributed by atoms with Gasteiger partial charge in [0.2, 0.25) is 0 Å². The van der Waals surface area contributed by atoms with E-state index in [0.717, 1.165) is 12.1 Å². The summed E-state index contributed by atoms with van der Waals surface area (Å²) in [6.07, 6.45) is -4.55. The zero-order valence-electron chi connectivity index (χ0n) is 13.1. The molecular formula is C14H16BClF4O3. The summed E-state index contributed by atoms with van der Waals surface area (Å²) in [5.41, 5.74) is -1.85. The highest BCUT2D eigenvalue weighted by Crippen LogP contribution is 2.38. The largest absolute Gasteiger partial charge is 0.501 e. The lowest BCUT2D eigenvalue weighted by molar-refractivity contribution is -0.153. The van der Waals surface area contributed by atoms with Crippen molar-refractivity contribution in [3.05, 3.63) is 23.0 Å². The van der Waals surface area contributed by atoms with E-state index in [1.807, 2.05) is 0 Å². The van der Waals surface area contributed by atoms with Gasteiger partial charge < -0.3 is 14.0 Å². The maximum Gasteiger partial charge on any atom is 0.501 e. The molecule has 0 aromatic heterocycles. The molecule has 0 radical (unpaired) electrons. The van der Waals surface area contributed by atoms with Gasteiger partial charge in [0.15, 0.2) is 6.61 Å². The minimum absolute atomic E-state index is 0.255. The summed E-state index contributed by atoms with van der Waals surface area (Å²) < 4.78 is 67.5. The second kappa shape index (κ2) is 5.83. The second-order valence-electron chi connectivity index (χ2n) is 6.27. The summed E-state index contributed by atoms with van der Waals surface area (Å²) >= 11 is 5.73. The Kier molecular flexibility index (Phi) is 4.65. The van der Waals surface area contributed by atoms with Crippen LogP contribution in [0.15, 0.2) is 12.1 Å². The van der Waals surface area contributed by atoms with Crippen LogP contribution >= 0.6 is 11.6 Å². The van der Waals surface area contributed by atoms with Crippen LogP contribution in [0.4, 0.5) is 17.6 Å².